The fourth-order valence-electron chi connectivity index (χ4n) is 2.32. The Balaban J connectivity index is 2.05. The lowest BCUT2D eigenvalue weighted by atomic mass is 10.1. The highest BCUT2D eigenvalue weighted by Crippen LogP contribution is 2.18. The maximum Gasteiger partial charge on any atom is 0.261 e. The van der Waals surface area contributed by atoms with Gasteiger partial charge in [0.25, 0.3) is 11.8 Å². The molecule has 8 heteroatoms. The molecule has 2 amide bonds. The number of methoxy groups -OCH3 is 1. The van der Waals surface area contributed by atoms with E-state index in [0.717, 1.165) is 0 Å². The van der Waals surface area contributed by atoms with Crippen molar-refractivity contribution in [3.05, 3.63) is 59.7 Å². The molecule has 0 atom stereocenters. The first kappa shape index (κ1) is 20.3. The Bertz CT molecular complexity index is 826. The Morgan fingerprint density at radius 2 is 1.70 bits per heavy atom. The van der Waals surface area contributed by atoms with Gasteiger partial charge in [-0.15, -0.1) is 0 Å². The molecule has 0 bridgehead atoms. The van der Waals surface area contributed by atoms with Gasteiger partial charge in [0.05, 0.1) is 23.9 Å². The maximum absolute atomic E-state index is 12.4. The molecule has 142 valence electrons. The third-order valence-electron chi connectivity index (χ3n) is 3.62. The highest BCUT2D eigenvalue weighted by Gasteiger charge is 2.15. The van der Waals surface area contributed by atoms with Crippen LogP contribution >= 0.6 is 12.2 Å². The standard InChI is InChI=1S/C19H21N3O4S/c1-26-16-10-5-3-8-14(16)18(25)22-19(27)21-15-9-4-2-7-13(15)17(24)20-11-6-12-23/h2-5,7-10,23H,6,11-12H2,1H3,(H,20,24)(H2,21,22,25,27). The lowest BCUT2D eigenvalue weighted by Crippen LogP contribution is -2.35. The zero-order valence-corrected chi connectivity index (χ0v) is 15.6. The van der Waals surface area contributed by atoms with Crippen LogP contribution in [-0.4, -0.2) is 42.3 Å². The van der Waals surface area contributed by atoms with E-state index in [2.05, 4.69) is 16.0 Å². The van der Waals surface area contributed by atoms with Crippen molar-refractivity contribution in [2.75, 3.05) is 25.6 Å². The van der Waals surface area contributed by atoms with Crippen molar-refractivity contribution in [1.82, 2.24) is 10.6 Å². The maximum atomic E-state index is 12.4. The van der Waals surface area contributed by atoms with Crippen molar-refractivity contribution in [2.45, 2.75) is 6.42 Å². The summed E-state index contributed by atoms with van der Waals surface area (Å²) in [4.78, 5) is 24.7. The molecular formula is C19H21N3O4S. The normalized spacial score (nSPS) is 10.0. The Morgan fingerprint density at radius 3 is 2.41 bits per heavy atom. The second-order valence-corrected chi connectivity index (χ2v) is 5.90. The summed E-state index contributed by atoms with van der Waals surface area (Å²) in [5.41, 5.74) is 1.19. The summed E-state index contributed by atoms with van der Waals surface area (Å²) < 4.78 is 5.17. The predicted molar refractivity (Wildman–Crippen MR) is 107 cm³/mol. The fraction of sp³-hybridized carbons (Fsp3) is 0.211. The number of benzene rings is 2. The van der Waals surface area contributed by atoms with E-state index < -0.39 is 5.91 Å². The summed E-state index contributed by atoms with van der Waals surface area (Å²) in [6, 6.07) is 13.6. The number of carbonyl (C=O) groups excluding carboxylic acids is 2. The van der Waals surface area contributed by atoms with E-state index >= 15 is 0 Å². The lowest BCUT2D eigenvalue weighted by Gasteiger charge is -2.14. The molecule has 0 spiro atoms. The SMILES string of the molecule is COc1ccccc1C(=O)NC(=S)Nc1ccccc1C(=O)NCCCO. The zero-order chi connectivity index (χ0) is 19.6. The minimum Gasteiger partial charge on any atom is -0.496 e. The van der Waals surface area contributed by atoms with Crippen LogP contribution in [0.2, 0.25) is 0 Å². The molecule has 2 aromatic carbocycles. The molecule has 2 rings (SSSR count). The van der Waals surface area contributed by atoms with Crippen molar-refractivity contribution in [3.63, 3.8) is 0 Å². The summed E-state index contributed by atoms with van der Waals surface area (Å²) in [5.74, 6) is -0.290. The third-order valence-corrected chi connectivity index (χ3v) is 3.82. The molecule has 0 heterocycles. The van der Waals surface area contributed by atoms with Crippen LogP contribution < -0.4 is 20.7 Å². The van der Waals surface area contributed by atoms with E-state index in [0.29, 0.717) is 35.5 Å². The van der Waals surface area contributed by atoms with E-state index in [4.69, 9.17) is 22.1 Å². The zero-order valence-electron chi connectivity index (χ0n) is 14.8. The number of hydrogen-bond donors (Lipinski definition) is 4. The van der Waals surface area contributed by atoms with Crippen molar-refractivity contribution >= 4 is 34.8 Å². The first-order chi connectivity index (χ1) is 13.1. The molecule has 27 heavy (non-hydrogen) atoms. The highest BCUT2D eigenvalue weighted by molar-refractivity contribution is 7.80. The molecule has 7 nitrogen and oxygen atoms in total. The van der Waals surface area contributed by atoms with Crippen LogP contribution in [0.25, 0.3) is 0 Å². The summed E-state index contributed by atoms with van der Waals surface area (Å²) in [6.45, 7) is 0.359. The van der Waals surface area contributed by atoms with Crippen LogP contribution in [0.4, 0.5) is 5.69 Å². The van der Waals surface area contributed by atoms with Crippen LogP contribution in [0.5, 0.6) is 5.75 Å². The van der Waals surface area contributed by atoms with Crippen molar-refractivity contribution in [1.29, 1.82) is 0 Å². The van der Waals surface area contributed by atoms with Gasteiger partial charge in [-0.1, -0.05) is 24.3 Å². The van der Waals surface area contributed by atoms with E-state index in [1.807, 2.05) is 0 Å². The molecule has 0 saturated carbocycles. The summed E-state index contributed by atoms with van der Waals surface area (Å²) in [6.07, 6.45) is 0.467. The van der Waals surface area contributed by atoms with Gasteiger partial charge in [0, 0.05) is 13.2 Å². The first-order valence-corrected chi connectivity index (χ1v) is 8.71. The number of aliphatic hydroxyl groups excluding tert-OH is 1. The van der Waals surface area contributed by atoms with E-state index in [1.165, 1.54) is 7.11 Å². The second-order valence-electron chi connectivity index (χ2n) is 5.49. The van der Waals surface area contributed by atoms with Crippen LogP contribution in [-0.2, 0) is 0 Å². The number of para-hydroxylation sites is 2. The first-order valence-electron chi connectivity index (χ1n) is 8.30. The molecule has 0 aliphatic rings. The second kappa shape index (κ2) is 10.2. The quantitative estimate of drug-likeness (QED) is 0.428. The Hall–Kier alpha value is -2.97. The number of nitrogens with one attached hydrogen (secondary N) is 3. The number of aliphatic hydroxyl groups is 1. The largest absolute Gasteiger partial charge is 0.496 e. The number of ether oxygens (including phenoxy) is 1. The van der Waals surface area contributed by atoms with Crippen molar-refractivity contribution in [2.24, 2.45) is 0 Å². The van der Waals surface area contributed by atoms with E-state index in [-0.39, 0.29) is 17.6 Å². The minimum absolute atomic E-state index is 0.000751. The third kappa shape index (κ3) is 5.77. The van der Waals surface area contributed by atoms with Gasteiger partial charge < -0.3 is 20.5 Å². The Morgan fingerprint density at radius 1 is 1.04 bits per heavy atom. The van der Waals surface area contributed by atoms with Gasteiger partial charge in [-0.2, -0.15) is 0 Å². The molecule has 0 radical (unpaired) electrons. The van der Waals surface area contributed by atoms with E-state index in [1.54, 1.807) is 48.5 Å². The Kier molecular flexibility index (Phi) is 7.72. The van der Waals surface area contributed by atoms with E-state index in [9.17, 15) is 9.59 Å². The number of rotatable bonds is 7. The molecule has 0 saturated heterocycles. The van der Waals surface area contributed by atoms with Crippen molar-refractivity contribution in [3.8, 4) is 5.75 Å². The van der Waals surface area contributed by atoms with Crippen molar-refractivity contribution < 1.29 is 19.4 Å². The minimum atomic E-state index is -0.421. The fourth-order valence-corrected chi connectivity index (χ4v) is 2.53. The smallest absolute Gasteiger partial charge is 0.261 e. The summed E-state index contributed by atoms with van der Waals surface area (Å²) >= 11 is 5.20. The lowest BCUT2D eigenvalue weighted by molar-refractivity contribution is 0.0949. The molecule has 0 aliphatic heterocycles. The molecule has 0 aromatic heterocycles. The number of hydrogen-bond acceptors (Lipinski definition) is 5. The number of thiocarbonyl (C=S) groups is 1. The number of amides is 2. The summed E-state index contributed by atoms with van der Waals surface area (Å²) in [5, 5.41) is 17.0. The molecular weight excluding hydrogens is 366 g/mol. The molecule has 2 aromatic rings. The Labute approximate surface area is 162 Å². The van der Waals surface area contributed by atoms with Gasteiger partial charge in [-0.05, 0) is 42.9 Å². The topological polar surface area (TPSA) is 99.7 Å². The molecule has 0 unspecified atom stereocenters. The number of anilines is 1. The van der Waals surface area contributed by atoms with Gasteiger partial charge in [-0.25, -0.2) is 0 Å². The van der Waals surface area contributed by atoms with Crippen LogP contribution in [0.3, 0.4) is 0 Å². The number of carbonyl (C=O) groups is 2. The van der Waals surface area contributed by atoms with Gasteiger partial charge in [0.2, 0.25) is 0 Å². The highest BCUT2D eigenvalue weighted by atomic mass is 32.1. The molecule has 0 aliphatic carbocycles. The van der Waals surface area contributed by atoms with Gasteiger partial charge in [-0.3, -0.25) is 14.9 Å². The summed E-state index contributed by atoms with van der Waals surface area (Å²) in [7, 11) is 1.48. The molecule has 4 N–H and O–H groups in total. The molecule has 0 fully saturated rings. The van der Waals surface area contributed by atoms with Gasteiger partial charge in [0.1, 0.15) is 5.75 Å². The predicted octanol–water partition coefficient (Wildman–Crippen LogP) is 1.93. The van der Waals surface area contributed by atoms with Gasteiger partial charge >= 0.3 is 0 Å². The van der Waals surface area contributed by atoms with Crippen LogP contribution in [0.1, 0.15) is 27.1 Å². The van der Waals surface area contributed by atoms with Crippen LogP contribution in [0, 0.1) is 0 Å². The van der Waals surface area contributed by atoms with Gasteiger partial charge in [0.15, 0.2) is 5.11 Å². The average Bonchev–Trinajstić information content (AvgIpc) is 2.68. The average molecular weight is 387 g/mol. The monoisotopic (exact) mass is 387 g/mol. The van der Waals surface area contributed by atoms with Crippen LogP contribution in [0.15, 0.2) is 48.5 Å².